The summed E-state index contributed by atoms with van der Waals surface area (Å²) in [5, 5.41) is 3.86. The summed E-state index contributed by atoms with van der Waals surface area (Å²) in [6.45, 7) is 5.80. The summed E-state index contributed by atoms with van der Waals surface area (Å²) in [6.07, 6.45) is 7.64. The van der Waals surface area contributed by atoms with E-state index in [0.29, 0.717) is 18.7 Å². The van der Waals surface area contributed by atoms with Crippen molar-refractivity contribution in [1.29, 1.82) is 0 Å². The zero-order valence-electron chi connectivity index (χ0n) is 28.6. The van der Waals surface area contributed by atoms with E-state index in [4.69, 9.17) is 5.73 Å². The van der Waals surface area contributed by atoms with Gasteiger partial charge in [0.25, 0.3) is 5.91 Å². The molecule has 2 aliphatic rings. The van der Waals surface area contributed by atoms with Gasteiger partial charge in [-0.05, 0) is 42.5 Å². The molecule has 49 heavy (non-hydrogen) atoms. The molecule has 260 valence electrons. The van der Waals surface area contributed by atoms with E-state index in [1.165, 1.54) is 11.1 Å². The average Bonchev–Trinajstić information content (AvgIpc) is 3.52. The first-order valence-corrected chi connectivity index (χ1v) is 17.6. The molecular weight excluding hydrogens is 620 g/mol. The predicted octanol–water partition coefficient (Wildman–Crippen LogP) is 3.97. The molecule has 2 fully saturated rings. The lowest BCUT2D eigenvalue weighted by atomic mass is 9.99. The average molecular weight is 669 g/mol. The van der Waals surface area contributed by atoms with Crippen molar-refractivity contribution in [2.24, 2.45) is 5.73 Å². The Morgan fingerprint density at radius 2 is 1.59 bits per heavy atom. The van der Waals surface area contributed by atoms with Crippen LogP contribution < -0.4 is 11.1 Å². The first-order valence-electron chi connectivity index (χ1n) is 17.6. The van der Waals surface area contributed by atoms with E-state index < -0.39 is 24.0 Å². The molecule has 3 N–H and O–H groups in total. The molecule has 11 nitrogen and oxygen atoms in total. The van der Waals surface area contributed by atoms with Gasteiger partial charge in [0.05, 0.1) is 23.9 Å². The fourth-order valence-corrected chi connectivity index (χ4v) is 6.86. The minimum atomic E-state index is -0.972. The molecule has 5 rings (SSSR count). The lowest BCUT2D eigenvalue weighted by Crippen LogP contribution is -2.63. The second-order valence-electron chi connectivity index (χ2n) is 13.3. The van der Waals surface area contributed by atoms with Gasteiger partial charge >= 0.3 is 0 Å². The van der Waals surface area contributed by atoms with E-state index in [2.05, 4.69) is 24.1 Å². The van der Waals surface area contributed by atoms with Crippen LogP contribution in [0.2, 0.25) is 0 Å². The molecule has 2 aromatic carbocycles. The number of rotatable bonds is 16. The Balaban J connectivity index is 1.36. The maximum Gasteiger partial charge on any atom is 0.253 e. The third-order valence-electron chi connectivity index (χ3n) is 9.54. The van der Waals surface area contributed by atoms with Gasteiger partial charge in [-0.2, -0.15) is 0 Å². The van der Waals surface area contributed by atoms with Crippen LogP contribution in [0.25, 0.3) is 10.9 Å². The normalized spacial score (nSPS) is 18.9. The minimum Gasteiger partial charge on any atom is -0.369 e. The number of hydrogen-bond acceptors (Lipinski definition) is 6. The summed E-state index contributed by atoms with van der Waals surface area (Å²) in [6, 6.07) is 14.4. The Bertz CT molecular complexity index is 1650. The monoisotopic (exact) mass is 668 g/mol. The summed E-state index contributed by atoms with van der Waals surface area (Å²) < 4.78 is 0. The van der Waals surface area contributed by atoms with Crippen molar-refractivity contribution in [3.8, 4) is 0 Å². The van der Waals surface area contributed by atoms with Crippen molar-refractivity contribution in [1.82, 2.24) is 25.0 Å². The minimum absolute atomic E-state index is 0.101. The van der Waals surface area contributed by atoms with Gasteiger partial charge in [0.2, 0.25) is 23.6 Å². The highest BCUT2D eigenvalue weighted by Gasteiger charge is 2.51. The van der Waals surface area contributed by atoms with Crippen molar-refractivity contribution >= 4 is 40.4 Å². The number of aromatic nitrogens is 1. The summed E-state index contributed by atoms with van der Waals surface area (Å²) in [5.74, 6) is -1.42. The van der Waals surface area contributed by atoms with Crippen LogP contribution in [0.3, 0.4) is 0 Å². The molecule has 2 aliphatic heterocycles. The van der Waals surface area contributed by atoms with E-state index in [0.717, 1.165) is 60.6 Å². The van der Waals surface area contributed by atoms with Crippen LogP contribution in [-0.4, -0.2) is 87.0 Å². The molecule has 3 atom stereocenters. The van der Waals surface area contributed by atoms with Crippen LogP contribution in [0, 0.1) is 0 Å². The molecule has 5 amide bonds. The second-order valence-corrected chi connectivity index (χ2v) is 13.3. The van der Waals surface area contributed by atoms with Crippen LogP contribution in [0.1, 0.15) is 86.7 Å². The molecule has 0 bridgehead atoms. The van der Waals surface area contributed by atoms with Crippen molar-refractivity contribution in [3.63, 3.8) is 0 Å². The van der Waals surface area contributed by atoms with Crippen molar-refractivity contribution in [2.45, 2.75) is 96.3 Å². The fourth-order valence-electron chi connectivity index (χ4n) is 6.86. The molecule has 3 heterocycles. The topological polar surface area (TPSA) is 146 Å². The van der Waals surface area contributed by atoms with Crippen LogP contribution >= 0.6 is 0 Å². The smallest absolute Gasteiger partial charge is 0.253 e. The van der Waals surface area contributed by atoms with Crippen molar-refractivity contribution in [2.75, 3.05) is 19.6 Å². The molecule has 3 aromatic rings. The lowest BCUT2D eigenvalue weighted by molar-refractivity contribution is -0.162. The molecule has 0 radical (unpaired) electrons. The number of carbonyl (C=O) groups excluding carboxylic acids is 5. The number of hydrogen-bond donors (Lipinski definition) is 2. The number of piperazine rings is 1. The summed E-state index contributed by atoms with van der Waals surface area (Å²) in [4.78, 5) is 76.4. The molecule has 0 aliphatic carbocycles. The standard InChI is InChI=1S/C38H48N6O5/c1-3-5-9-17-42(18-10-6-4-2)35(46)22-33-38(49)44-25-30(41-36(47)29-20-28-11-7-8-12-31(28)40-23-29)21-32(44)37(48)43(33)24-27-15-13-26(14-16-27)19-34(39)45/h7-8,11-16,20,23,30,32-33H,3-6,9-10,17-19,21-22,24-25H2,1-2H3,(H2,39,45)(H,41,47)/t30-,32?,33-/m0/s1. The Kier molecular flexibility index (Phi) is 12.0. The second kappa shape index (κ2) is 16.5. The number of fused-ring (bicyclic) bond motifs is 2. The SMILES string of the molecule is CCCCCN(CCCCC)C(=O)C[C@H]1C(=O)N2C[C@@H](NC(=O)c3cnc4ccccc4c3)CC2C(=O)N1Cc1ccc(CC(N)=O)cc1. The molecule has 11 heteroatoms. The van der Waals surface area contributed by atoms with Gasteiger partial charge in [0.1, 0.15) is 12.1 Å². The number of para-hydroxylation sites is 1. The molecular formula is C38H48N6O5. The van der Waals surface area contributed by atoms with Gasteiger partial charge in [0, 0.05) is 43.8 Å². The first-order chi connectivity index (χ1) is 23.7. The zero-order valence-corrected chi connectivity index (χ0v) is 28.6. The number of unbranched alkanes of at least 4 members (excludes halogenated alkanes) is 4. The van der Waals surface area contributed by atoms with Crippen LogP contribution in [0.15, 0.2) is 60.8 Å². The molecule has 0 spiro atoms. The Morgan fingerprint density at radius 3 is 2.27 bits per heavy atom. The number of benzene rings is 2. The van der Waals surface area contributed by atoms with E-state index in [1.54, 1.807) is 23.1 Å². The van der Waals surface area contributed by atoms with Gasteiger partial charge in [-0.1, -0.05) is 82.0 Å². The summed E-state index contributed by atoms with van der Waals surface area (Å²) in [7, 11) is 0. The Hall–Kier alpha value is -4.80. The highest BCUT2D eigenvalue weighted by molar-refractivity contribution is 6.01. The third kappa shape index (κ3) is 8.82. The van der Waals surface area contributed by atoms with Crippen LogP contribution in [0.4, 0.5) is 0 Å². The van der Waals surface area contributed by atoms with Crippen molar-refractivity contribution in [3.05, 3.63) is 77.5 Å². The Morgan fingerprint density at radius 1 is 0.918 bits per heavy atom. The number of amides is 5. The molecule has 1 aromatic heterocycles. The number of nitrogens with two attached hydrogens (primary N) is 1. The maximum atomic E-state index is 14.2. The van der Waals surface area contributed by atoms with Gasteiger partial charge in [-0.25, -0.2) is 0 Å². The largest absolute Gasteiger partial charge is 0.369 e. The number of carbonyl (C=O) groups is 5. The maximum absolute atomic E-state index is 14.2. The molecule has 0 saturated carbocycles. The number of pyridine rings is 1. The van der Waals surface area contributed by atoms with Crippen molar-refractivity contribution < 1.29 is 24.0 Å². The summed E-state index contributed by atoms with van der Waals surface area (Å²) >= 11 is 0. The zero-order chi connectivity index (χ0) is 34.9. The van der Waals surface area contributed by atoms with Crippen LogP contribution in [-0.2, 0) is 32.1 Å². The Labute approximate surface area is 288 Å². The molecule has 1 unspecified atom stereocenters. The van der Waals surface area contributed by atoms with E-state index in [9.17, 15) is 24.0 Å². The van der Waals surface area contributed by atoms with E-state index in [-0.39, 0.29) is 56.0 Å². The van der Waals surface area contributed by atoms with Gasteiger partial charge in [-0.3, -0.25) is 29.0 Å². The van der Waals surface area contributed by atoms with E-state index in [1.807, 2.05) is 41.3 Å². The quantitative estimate of drug-likeness (QED) is 0.221. The van der Waals surface area contributed by atoms with E-state index >= 15 is 0 Å². The third-order valence-corrected chi connectivity index (χ3v) is 9.54. The first kappa shape index (κ1) is 35.5. The van der Waals surface area contributed by atoms with Gasteiger partial charge in [0.15, 0.2) is 0 Å². The van der Waals surface area contributed by atoms with Gasteiger partial charge in [-0.15, -0.1) is 0 Å². The molecule has 2 saturated heterocycles. The number of nitrogens with one attached hydrogen (secondary N) is 1. The van der Waals surface area contributed by atoms with Gasteiger partial charge < -0.3 is 25.8 Å². The van der Waals surface area contributed by atoms with Crippen LogP contribution in [0.5, 0.6) is 0 Å². The fraction of sp³-hybridized carbons (Fsp3) is 0.474. The highest BCUT2D eigenvalue weighted by Crippen LogP contribution is 2.31. The number of primary amides is 1. The number of nitrogens with zero attached hydrogens (tertiary/aromatic N) is 4. The lowest BCUT2D eigenvalue weighted by Gasteiger charge is -2.42. The highest BCUT2D eigenvalue weighted by atomic mass is 16.2. The summed E-state index contributed by atoms with van der Waals surface area (Å²) in [5.41, 5.74) is 8.06. The predicted molar refractivity (Wildman–Crippen MR) is 187 cm³/mol.